The number of carbonyl (C=O) groups is 1. The fraction of sp³-hybridized carbons (Fsp3) is 0.545. The standard InChI is InChI=1S/C33H34FN3O4/c34-33-16-32(17-33,18-33)29(38)37(24-3-1-2-22(14-24)23-6-7-25-26(15-23)40-20-39-25)19-30-8-11-31(12-9-30,13-10-30)28-35-27(36-41-28)21-4-5-21/h1-3,6-7,14-15,21H,4-5,8-13,16-20H2. The number of amides is 1. The number of alkyl halides is 1. The van der Waals surface area contributed by atoms with Gasteiger partial charge in [0.05, 0.1) is 5.41 Å². The molecule has 1 aliphatic heterocycles. The second-order valence-electron chi connectivity index (χ2n) is 14.0. The molecule has 2 heterocycles. The maximum atomic E-state index is 14.6. The van der Waals surface area contributed by atoms with Crippen LogP contribution >= 0.6 is 0 Å². The summed E-state index contributed by atoms with van der Waals surface area (Å²) in [5.74, 6) is 3.80. The Kier molecular flexibility index (Phi) is 4.79. The smallest absolute Gasteiger partial charge is 0.233 e. The molecule has 2 aromatic carbocycles. The first kappa shape index (κ1) is 24.2. The number of benzene rings is 2. The molecule has 7 saturated carbocycles. The Bertz CT molecular complexity index is 1530. The highest BCUT2D eigenvalue weighted by atomic mass is 19.1. The Balaban J connectivity index is 1.01. The SMILES string of the molecule is O=C(N(CC12CCC(c3nc(C4CC4)no3)(CC1)CC2)c1cccc(-c2ccc3c(c2)OCO3)c1)C12CC(F)(C1)C2. The number of rotatable bonds is 7. The van der Waals surface area contributed by atoms with Gasteiger partial charge in [0.1, 0.15) is 5.67 Å². The molecule has 7 aliphatic carbocycles. The molecule has 0 N–H and O–H groups in total. The monoisotopic (exact) mass is 555 g/mol. The quantitative estimate of drug-likeness (QED) is 0.317. The second kappa shape index (κ2) is 8.11. The lowest BCUT2D eigenvalue weighted by Crippen LogP contribution is -2.71. The molecular formula is C33H34FN3O4. The van der Waals surface area contributed by atoms with Gasteiger partial charge in [-0.3, -0.25) is 4.79 Å². The van der Waals surface area contributed by atoms with Gasteiger partial charge in [0, 0.05) is 23.6 Å². The van der Waals surface area contributed by atoms with E-state index in [0.29, 0.717) is 31.7 Å². The Morgan fingerprint density at radius 2 is 1.66 bits per heavy atom. The second-order valence-corrected chi connectivity index (χ2v) is 14.0. The molecule has 0 radical (unpaired) electrons. The van der Waals surface area contributed by atoms with Crippen molar-refractivity contribution in [2.24, 2.45) is 10.8 Å². The van der Waals surface area contributed by atoms with Crippen molar-refractivity contribution in [1.82, 2.24) is 10.1 Å². The van der Waals surface area contributed by atoms with Gasteiger partial charge < -0.3 is 18.9 Å². The minimum absolute atomic E-state index is 0.0234. The van der Waals surface area contributed by atoms with Crippen LogP contribution in [0.25, 0.3) is 11.1 Å². The summed E-state index contributed by atoms with van der Waals surface area (Å²) in [6.07, 6.45) is 9.56. The number of halogens is 1. The van der Waals surface area contributed by atoms with E-state index in [0.717, 1.165) is 78.6 Å². The van der Waals surface area contributed by atoms with E-state index in [9.17, 15) is 9.18 Å². The summed E-state index contributed by atoms with van der Waals surface area (Å²) in [6.45, 7) is 0.904. The number of fused-ring (bicyclic) bond motifs is 4. The van der Waals surface area contributed by atoms with Gasteiger partial charge in [0.2, 0.25) is 18.6 Å². The highest BCUT2D eigenvalue weighted by molar-refractivity contribution is 6.00. The van der Waals surface area contributed by atoms with Crippen molar-refractivity contribution in [3.05, 3.63) is 54.2 Å². The van der Waals surface area contributed by atoms with Crippen LogP contribution in [-0.2, 0) is 10.2 Å². The number of carbonyl (C=O) groups excluding carboxylic acids is 1. The number of nitrogens with zero attached hydrogens (tertiary/aromatic N) is 3. The fourth-order valence-electron chi connectivity index (χ4n) is 8.50. The van der Waals surface area contributed by atoms with E-state index in [-0.39, 0.29) is 23.5 Å². The van der Waals surface area contributed by atoms with Crippen LogP contribution in [0.5, 0.6) is 11.5 Å². The molecule has 11 rings (SSSR count). The van der Waals surface area contributed by atoms with Crippen LogP contribution in [0, 0.1) is 10.8 Å². The van der Waals surface area contributed by atoms with Crippen molar-refractivity contribution >= 4 is 11.6 Å². The molecule has 1 amide bonds. The van der Waals surface area contributed by atoms with Gasteiger partial charge in [-0.15, -0.1) is 0 Å². The van der Waals surface area contributed by atoms with Crippen LogP contribution in [0.3, 0.4) is 0 Å². The van der Waals surface area contributed by atoms with Gasteiger partial charge in [-0.2, -0.15) is 4.98 Å². The minimum Gasteiger partial charge on any atom is -0.454 e. The Morgan fingerprint density at radius 3 is 2.39 bits per heavy atom. The van der Waals surface area contributed by atoms with Gasteiger partial charge in [-0.25, -0.2) is 4.39 Å². The lowest BCUT2D eigenvalue weighted by molar-refractivity contribution is -0.211. The van der Waals surface area contributed by atoms with Crippen LogP contribution in [0.4, 0.5) is 10.1 Å². The van der Waals surface area contributed by atoms with Crippen molar-refractivity contribution in [1.29, 1.82) is 0 Å². The molecule has 0 atom stereocenters. The lowest BCUT2D eigenvalue weighted by atomic mass is 9.41. The molecular weight excluding hydrogens is 521 g/mol. The van der Waals surface area contributed by atoms with Crippen LogP contribution < -0.4 is 14.4 Å². The first-order valence-corrected chi connectivity index (χ1v) is 15.2. The predicted molar refractivity (Wildman–Crippen MR) is 149 cm³/mol. The summed E-state index contributed by atoms with van der Waals surface area (Å²) < 4.78 is 31.5. The highest BCUT2D eigenvalue weighted by Gasteiger charge is 2.73. The van der Waals surface area contributed by atoms with Crippen LogP contribution in [0.2, 0.25) is 0 Å². The Labute approximate surface area is 238 Å². The number of hydrogen-bond acceptors (Lipinski definition) is 6. The molecule has 0 spiro atoms. The molecule has 7 fully saturated rings. The molecule has 0 saturated heterocycles. The summed E-state index contributed by atoms with van der Waals surface area (Å²) in [5.41, 5.74) is 1.30. The number of ether oxygens (including phenoxy) is 2. The maximum absolute atomic E-state index is 14.6. The normalized spacial score (nSPS) is 34.2. The topological polar surface area (TPSA) is 77.7 Å². The third kappa shape index (κ3) is 3.64. The summed E-state index contributed by atoms with van der Waals surface area (Å²) in [5, 5.41) is 4.31. The van der Waals surface area contributed by atoms with E-state index in [1.807, 2.05) is 35.2 Å². The average molecular weight is 556 g/mol. The van der Waals surface area contributed by atoms with Crippen LogP contribution in [0.1, 0.15) is 88.3 Å². The van der Waals surface area contributed by atoms with Crippen molar-refractivity contribution in [2.45, 2.75) is 87.6 Å². The summed E-state index contributed by atoms with van der Waals surface area (Å²) in [7, 11) is 0. The Morgan fingerprint density at radius 1 is 0.927 bits per heavy atom. The first-order valence-electron chi connectivity index (χ1n) is 15.2. The molecule has 8 heteroatoms. The van der Waals surface area contributed by atoms with E-state index in [1.54, 1.807) is 0 Å². The van der Waals surface area contributed by atoms with Gasteiger partial charge >= 0.3 is 0 Å². The van der Waals surface area contributed by atoms with E-state index in [2.05, 4.69) is 17.3 Å². The lowest BCUT2D eigenvalue weighted by Gasteiger charge is -2.65. The van der Waals surface area contributed by atoms with Crippen molar-refractivity contribution in [3.8, 4) is 22.6 Å². The third-order valence-corrected chi connectivity index (χ3v) is 11.3. The molecule has 212 valence electrons. The van der Waals surface area contributed by atoms with Gasteiger partial charge in [0.25, 0.3) is 0 Å². The van der Waals surface area contributed by atoms with Crippen molar-refractivity contribution in [2.75, 3.05) is 18.2 Å². The zero-order valence-corrected chi connectivity index (χ0v) is 23.2. The van der Waals surface area contributed by atoms with Crippen molar-refractivity contribution in [3.63, 3.8) is 0 Å². The highest BCUT2D eigenvalue weighted by Crippen LogP contribution is 2.70. The third-order valence-electron chi connectivity index (χ3n) is 11.3. The zero-order chi connectivity index (χ0) is 27.5. The first-order chi connectivity index (χ1) is 19.9. The van der Waals surface area contributed by atoms with E-state index < -0.39 is 11.1 Å². The van der Waals surface area contributed by atoms with Gasteiger partial charge in [-0.05, 0) is 111 Å². The Hall–Kier alpha value is -3.42. The molecule has 8 aliphatic rings. The molecule has 0 unspecified atom stereocenters. The van der Waals surface area contributed by atoms with Crippen LogP contribution in [-0.4, -0.2) is 35.1 Å². The molecule has 4 bridgehead atoms. The van der Waals surface area contributed by atoms with Gasteiger partial charge in [-0.1, -0.05) is 23.4 Å². The molecule has 3 aromatic rings. The number of hydrogen-bond donors (Lipinski definition) is 0. The van der Waals surface area contributed by atoms with E-state index in [1.165, 1.54) is 12.8 Å². The minimum atomic E-state index is -1.12. The summed E-state index contributed by atoms with van der Waals surface area (Å²) >= 11 is 0. The van der Waals surface area contributed by atoms with Crippen LogP contribution in [0.15, 0.2) is 47.0 Å². The number of anilines is 1. The maximum Gasteiger partial charge on any atom is 0.233 e. The predicted octanol–water partition coefficient (Wildman–Crippen LogP) is 6.86. The summed E-state index contributed by atoms with van der Waals surface area (Å²) in [4.78, 5) is 21.1. The molecule has 7 nitrogen and oxygen atoms in total. The molecule has 41 heavy (non-hydrogen) atoms. The fourth-order valence-corrected chi connectivity index (χ4v) is 8.50. The average Bonchev–Trinajstić information content (AvgIpc) is 3.49. The van der Waals surface area contributed by atoms with E-state index in [4.69, 9.17) is 19.0 Å². The number of aromatic nitrogens is 2. The largest absolute Gasteiger partial charge is 0.454 e. The van der Waals surface area contributed by atoms with Gasteiger partial charge in [0.15, 0.2) is 17.3 Å². The van der Waals surface area contributed by atoms with Crippen molar-refractivity contribution < 1.29 is 23.2 Å². The molecule has 1 aromatic heterocycles. The van der Waals surface area contributed by atoms with E-state index >= 15 is 0 Å². The zero-order valence-electron chi connectivity index (χ0n) is 23.2. The summed E-state index contributed by atoms with van der Waals surface area (Å²) in [6, 6.07) is 14.2.